The SMILES string of the molecule is Cc1ccc(F)c(NC(C)c2ccc3c(c2)OCCCO3)c1. The van der Waals surface area contributed by atoms with Crippen LogP contribution in [0.4, 0.5) is 10.1 Å². The van der Waals surface area contributed by atoms with E-state index in [4.69, 9.17) is 9.47 Å². The molecule has 0 radical (unpaired) electrons. The van der Waals surface area contributed by atoms with E-state index in [1.807, 2.05) is 38.1 Å². The van der Waals surface area contributed by atoms with Crippen molar-refractivity contribution in [3.05, 3.63) is 53.3 Å². The Hall–Kier alpha value is -2.23. The lowest BCUT2D eigenvalue weighted by molar-refractivity contribution is 0.297. The van der Waals surface area contributed by atoms with E-state index < -0.39 is 0 Å². The molecule has 22 heavy (non-hydrogen) atoms. The highest BCUT2D eigenvalue weighted by molar-refractivity contribution is 5.51. The maximum Gasteiger partial charge on any atom is 0.161 e. The van der Waals surface area contributed by atoms with Crippen LogP contribution in [0.5, 0.6) is 11.5 Å². The van der Waals surface area contributed by atoms with Crippen molar-refractivity contribution in [3.63, 3.8) is 0 Å². The van der Waals surface area contributed by atoms with Crippen LogP contribution in [0.1, 0.15) is 30.5 Å². The Labute approximate surface area is 130 Å². The summed E-state index contributed by atoms with van der Waals surface area (Å²) in [6.45, 7) is 5.28. The van der Waals surface area contributed by atoms with Crippen LogP contribution in [-0.4, -0.2) is 13.2 Å². The predicted molar refractivity (Wildman–Crippen MR) is 85.2 cm³/mol. The molecule has 2 aromatic rings. The van der Waals surface area contributed by atoms with Crippen LogP contribution in [0.15, 0.2) is 36.4 Å². The molecule has 0 spiro atoms. The van der Waals surface area contributed by atoms with Gasteiger partial charge in [0, 0.05) is 12.5 Å². The number of aryl methyl sites for hydroxylation is 1. The number of halogens is 1. The van der Waals surface area contributed by atoms with Gasteiger partial charge < -0.3 is 14.8 Å². The van der Waals surface area contributed by atoms with Crippen LogP contribution in [0.3, 0.4) is 0 Å². The van der Waals surface area contributed by atoms with E-state index in [0.29, 0.717) is 18.9 Å². The standard InChI is InChI=1S/C18H20FNO2/c1-12-4-6-15(19)16(10-12)20-13(2)14-5-7-17-18(11-14)22-9-3-8-21-17/h4-7,10-11,13,20H,3,8-9H2,1-2H3. The molecule has 0 amide bonds. The zero-order chi connectivity index (χ0) is 15.5. The van der Waals surface area contributed by atoms with E-state index in [2.05, 4.69) is 5.32 Å². The number of hydrogen-bond acceptors (Lipinski definition) is 3. The minimum Gasteiger partial charge on any atom is -0.490 e. The molecule has 3 rings (SSSR count). The maximum atomic E-state index is 13.9. The quantitative estimate of drug-likeness (QED) is 0.907. The van der Waals surface area contributed by atoms with Gasteiger partial charge in [-0.05, 0) is 49.2 Å². The summed E-state index contributed by atoms with van der Waals surface area (Å²) in [5, 5.41) is 3.22. The van der Waals surface area contributed by atoms with Gasteiger partial charge in [-0.25, -0.2) is 4.39 Å². The first-order valence-electron chi connectivity index (χ1n) is 7.56. The molecule has 0 aliphatic carbocycles. The molecule has 1 atom stereocenters. The van der Waals surface area contributed by atoms with Gasteiger partial charge in [-0.3, -0.25) is 0 Å². The van der Waals surface area contributed by atoms with Crippen LogP contribution in [0, 0.1) is 12.7 Å². The normalized spacial score (nSPS) is 15.0. The number of benzene rings is 2. The van der Waals surface area contributed by atoms with Gasteiger partial charge >= 0.3 is 0 Å². The van der Waals surface area contributed by atoms with Crippen LogP contribution in [0.2, 0.25) is 0 Å². The smallest absolute Gasteiger partial charge is 0.161 e. The summed E-state index contributed by atoms with van der Waals surface area (Å²) >= 11 is 0. The molecule has 1 unspecified atom stereocenters. The van der Waals surface area contributed by atoms with Crippen molar-refractivity contribution in [2.75, 3.05) is 18.5 Å². The molecule has 4 heteroatoms. The summed E-state index contributed by atoms with van der Waals surface area (Å²) in [5.74, 6) is 1.29. The van der Waals surface area contributed by atoms with Crippen molar-refractivity contribution in [2.24, 2.45) is 0 Å². The zero-order valence-electron chi connectivity index (χ0n) is 12.9. The molecule has 0 bridgehead atoms. The average molecular weight is 301 g/mol. The molecule has 2 aromatic carbocycles. The maximum absolute atomic E-state index is 13.9. The first-order valence-corrected chi connectivity index (χ1v) is 7.56. The molecule has 1 aliphatic heterocycles. The predicted octanol–water partition coefficient (Wildman–Crippen LogP) is 4.47. The van der Waals surface area contributed by atoms with Crippen LogP contribution in [0.25, 0.3) is 0 Å². The topological polar surface area (TPSA) is 30.5 Å². The van der Waals surface area contributed by atoms with Gasteiger partial charge in [0.1, 0.15) is 5.82 Å². The van der Waals surface area contributed by atoms with Gasteiger partial charge in [0.25, 0.3) is 0 Å². The Balaban J connectivity index is 1.81. The fraction of sp³-hybridized carbons (Fsp3) is 0.333. The number of ether oxygens (including phenoxy) is 2. The first-order chi connectivity index (χ1) is 10.6. The van der Waals surface area contributed by atoms with Crippen molar-refractivity contribution in [1.82, 2.24) is 0 Å². The fourth-order valence-electron chi connectivity index (χ4n) is 2.52. The van der Waals surface area contributed by atoms with Crippen molar-refractivity contribution in [2.45, 2.75) is 26.3 Å². The van der Waals surface area contributed by atoms with Gasteiger partial charge in [0.15, 0.2) is 11.5 Å². The van der Waals surface area contributed by atoms with Crippen LogP contribution < -0.4 is 14.8 Å². The molecule has 116 valence electrons. The van der Waals surface area contributed by atoms with Gasteiger partial charge in [0.2, 0.25) is 0 Å². The highest BCUT2D eigenvalue weighted by Gasteiger charge is 2.14. The summed E-state index contributed by atoms with van der Waals surface area (Å²) in [6.07, 6.45) is 0.881. The lowest BCUT2D eigenvalue weighted by Gasteiger charge is -2.18. The molecular weight excluding hydrogens is 281 g/mol. The Morgan fingerprint density at radius 1 is 1.05 bits per heavy atom. The molecule has 1 N–H and O–H groups in total. The van der Waals surface area contributed by atoms with Gasteiger partial charge in [-0.15, -0.1) is 0 Å². The molecule has 3 nitrogen and oxygen atoms in total. The van der Waals surface area contributed by atoms with E-state index in [9.17, 15) is 4.39 Å². The second kappa shape index (κ2) is 6.26. The molecule has 0 saturated heterocycles. The second-order valence-electron chi connectivity index (χ2n) is 5.61. The van der Waals surface area contributed by atoms with E-state index in [1.165, 1.54) is 6.07 Å². The second-order valence-corrected chi connectivity index (χ2v) is 5.61. The molecule has 0 saturated carbocycles. The van der Waals surface area contributed by atoms with E-state index in [-0.39, 0.29) is 11.9 Å². The Bertz CT molecular complexity index is 672. The summed E-state index contributed by atoms with van der Waals surface area (Å²) < 4.78 is 25.2. The molecule has 1 heterocycles. The number of anilines is 1. The average Bonchev–Trinajstić information content (AvgIpc) is 2.75. The van der Waals surface area contributed by atoms with E-state index in [0.717, 1.165) is 29.0 Å². The molecule has 1 aliphatic rings. The third-order valence-electron chi connectivity index (χ3n) is 3.77. The largest absolute Gasteiger partial charge is 0.490 e. The van der Waals surface area contributed by atoms with E-state index in [1.54, 1.807) is 6.07 Å². The Morgan fingerprint density at radius 3 is 2.64 bits per heavy atom. The van der Waals surface area contributed by atoms with Gasteiger partial charge in [-0.1, -0.05) is 12.1 Å². The lowest BCUT2D eigenvalue weighted by atomic mass is 10.1. The Kier molecular flexibility index (Phi) is 4.18. The van der Waals surface area contributed by atoms with Crippen molar-refractivity contribution in [3.8, 4) is 11.5 Å². The number of fused-ring (bicyclic) bond motifs is 1. The summed E-state index contributed by atoms with van der Waals surface area (Å²) in [5.41, 5.74) is 2.57. The van der Waals surface area contributed by atoms with Crippen LogP contribution in [-0.2, 0) is 0 Å². The summed E-state index contributed by atoms with van der Waals surface area (Å²) in [6, 6.07) is 10.9. The molecule has 0 fully saturated rings. The lowest BCUT2D eigenvalue weighted by Crippen LogP contribution is -2.08. The zero-order valence-corrected chi connectivity index (χ0v) is 12.9. The number of hydrogen-bond donors (Lipinski definition) is 1. The highest BCUT2D eigenvalue weighted by atomic mass is 19.1. The minimum atomic E-state index is -0.244. The van der Waals surface area contributed by atoms with Crippen molar-refractivity contribution in [1.29, 1.82) is 0 Å². The molecular formula is C18H20FNO2. The van der Waals surface area contributed by atoms with Gasteiger partial charge in [0.05, 0.1) is 18.9 Å². The third kappa shape index (κ3) is 3.16. The Morgan fingerprint density at radius 2 is 1.82 bits per heavy atom. The third-order valence-corrected chi connectivity index (χ3v) is 3.77. The first kappa shape index (κ1) is 14.7. The molecule has 0 aromatic heterocycles. The van der Waals surface area contributed by atoms with Gasteiger partial charge in [-0.2, -0.15) is 0 Å². The summed E-state index contributed by atoms with van der Waals surface area (Å²) in [7, 11) is 0. The van der Waals surface area contributed by atoms with Crippen molar-refractivity contribution >= 4 is 5.69 Å². The fourth-order valence-corrected chi connectivity index (χ4v) is 2.52. The minimum absolute atomic E-state index is 0.0338. The van der Waals surface area contributed by atoms with Crippen molar-refractivity contribution < 1.29 is 13.9 Å². The summed E-state index contributed by atoms with van der Waals surface area (Å²) in [4.78, 5) is 0. The number of rotatable bonds is 3. The van der Waals surface area contributed by atoms with E-state index >= 15 is 0 Å². The highest BCUT2D eigenvalue weighted by Crippen LogP contribution is 2.33. The van der Waals surface area contributed by atoms with Crippen LogP contribution >= 0.6 is 0 Å². The monoisotopic (exact) mass is 301 g/mol. The number of nitrogens with one attached hydrogen (secondary N) is 1.